The van der Waals surface area contributed by atoms with Crippen LogP contribution in [0.2, 0.25) is 0 Å². The molecule has 0 saturated carbocycles. The van der Waals surface area contributed by atoms with E-state index >= 15 is 0 Å². The first-order valence-electron chi connectivity index (χ1n) is 5.97. The van der Waals surface area contributed by atoms with Crippen molar-refractivity contribution in [1.82, 2.24) is 9.97 Å². The number of methoxy groups -OCH3 is 1. The summed E-state index contributed by atoms with van der Waals surface area (Å²) >= 11 is 2.26. The summed E-state index contributed by atoms with van der Waals surface area (Å²) in [5.74, 6) is 2.57. The van der Waals surface area contributed by atoms with Gasteiger partial charge in [0.1, 0.15) is 17.4 Å². The summed E-state index contributed by atoms with van der Waals surface area (Å²) in [6.45, 7) is 2.00. The van der Waals surface area contributed by atoms with Crippen molar-refractivity contribution in [3.63, 3.8) is 0 Å². The lowest BCUT2D eigenvalue weighted by Crippen LogP contribution is -2.06. The zero-order chi connectivity index (χ0) is 13.8. The maximum Gasteiger partial charge on any atom is 0.143 e. The van der Waals surface area contributed by atoms with E-state index in [0.717, 1.165) is 33.1 Å². The van der Waals surface area contributed by atoms with Gasteiger partial charge in [-0.05, 0) is 47.2 Å². The van der Waals surface area contributed by atoms with Gasteiger partial charge in [-0.15, -0.1) is 0 Å². The van der Waals surface area contributed by atoms with Gasteiger partial charge in [0, 0.05) is 13.5 Å². The first kappa shape index (κ1) is 14.0. The number of anilines is 1. The summed E-state index contributed by atoms with van der Waals surface area (Å²) in [6, 6.07) is 7.98. The molecule has 0 aliphatic carbocycles. The van der Waals surface area contributed by atoms with Crippen molar-refractivity contribution in [1.29, 1.82) is 0 Å². The molecule has 2 aromatic rings. The molecule has 0 fully saturated rings. The Morgan fingerprint density at radius 1 is 1.21 bits per heavy atom. The normalized spacial score (nSPS) is 10.3. The fourth-order valence-electron chi connectivity index (χ4n) is 1.79. The molecule has 0 aliphatic heterocycles. The molecule has 2 rings (SSSR count). The molecule has 0 amide bonds. The largest absolute Gasteiger partial charge is 0.497 e. The van der Waals surface area contributed by atoms with Crippen LogP contribution in [-0.4, -0.2) is 24.1 Å². The Hall–Kier alpha value is -1.37. The minimum Gasteiger partial charge on any atom is -0.497 e. The van der Waals surface area contributed by atoms with Crippen LogP contribution >= 0.6 is 22.6 Å². The molecule has 0 saturated heterocycles. The third-order valence-corrected chi connectivity index (χ3v) is 4.11. The summed E-state index contributed by atoms with van der Waals surface area (Å²) in [4.78, 5) is 9.06. The summed E-state index contributed by atoms with van der Waals surface area (Å²) in [5.41, 5.74) is 2.17. The number of hydrogen-bond acceptors (Lipinski definition) is 4. The van der Waals surface area contributed by atoms with Gasteiger partial charge in [-0.2, -0.15) is 0 Å². The number of benzene rings is 1. The number of hydrogen-bond donors (Lipinski definition) is 1. The van der Waals surface area contributed by atoms with E-state index < -0.39 is 0 Å². The SMILES string of the molecule is CNc1nc(Cc2ccc(OC)cc2)nc(C)c1I. The number of aromatic nitrogens is 2. The lowest BCUT2D eigenvalue weighted by Gasteiger charge is -2.09. The van der Waals surface area contributed by atoms with Gasteiger partial charge >= 0.3 is 0 Å². The molecule has 0 radical (unpaired) electrons. The van der Waals surface area contributed by atoms with Crippen LogP contribution in [0.25, 0.3) is 0 Å². The van der Waals surface area contributed by atoms with E-state index in [-0.39, 0.29) is 0 Å². The number of rotatable bonds is 4. The third-order valence-electron chi connectivity index (χ3n) is 2.82. The number of nitrogens with one attached hydrogen (secondary N) is 1. The van der Waals surface area contributed by atoms with Gasteiger partial charge in [-0.1, -0.05) is 12.1 Å². The molecule has 0 aliphatic rings. The molecule has 1 heterocycles. The Labute approximate surface area is 126 Å². The molecule has 100 valence electrons. The van der Waals surface area contributed by atoms with Crippen molar-refractivity contribution in [2.45, 2.75) is 13.3 Å². The molecule has 0 atom stereocenters. The molecule has 0 unspecified atom stereocenters. The molecule has 19 heavy (non-hydrogen) atoms. The van der Waals surface area contributed by atoms with E-state index in [1.807, 2.05) is 38.2 Å². The molecule has 1 aromatic heterocycles. The molecule has 1 N–H and O–H groups in total. The quantitative estimate of drug-likeness (QED) is 0.842. The minimum absolute atomic E-state index is 0.719. The van der Waals surface area contributed by atoms with E-state index in [0.29, 0.717) is 0 Å². The smallest absolute Gasteiger partial charge is 0.143 e. The van der Waals surface area contributed by atoms with Crippen LogP contribution in [0.5, 0.6) is 5.75 Å². The highest BCUT2D eigenvalue weighted by molar-refractivity contribution is 14.1. The molecular formula is C14H16IN3O. The maximum atomic E-state index is 5.15. The van der Waals surface area contributed by atoms with E-state index in [2.05, 4.69) is 37.9 Å². The molecule has 4 nitrogen and oxygen atoms in total. The summed E-state index contributed by atoms with van der Waals surface area (Å²) in [6.07, 6.45) is 0.719. The van der Waals surface area contributed by atoms with Crippen molar-refractivity contribution < 1.29 is 4.74 Å². The van der Waals surface area contributed by atoms with Crippen LogP contribution in [0.1, 0.15) is 17.1 Å². The molecular weight excluding hydrogens is 353 g/mol. The fourth-order valence-corrected chi connectivity index (χ4v) is 2.30. The predicted molar refractivity (Wildman–Crippen MR) is 84.8 cm³/mol. The zero-order valence-electron chi connectivity index (χ0n) is 11.2. The van der Waals surface area contributed by atoms with Crippen molar-refractivity contribution in [2.75, 3.05) is 19.5 Å². The second-order valence-corrected chi connectivity index (χ2v) is 5.24. The van der Waals surface area contributed by atoms with Crippen molar-refractivity contribution >= 4 is 28.4 Å². The molecule has 0 bridgehead atoms. The van der Waals surface area contributed by atoms with Gasteiger partial charge in [-0.25, -0.2) is 9.97 Å². The average molecular weight is 369 g/mol. The Morgan fingerprint density at radius 2 is 1.89 bits per heavy atom. The van der Waals surface area contributed by atoms with Crippen LogP contribution < -0.4 is 10.1 Å². The van der Waals surface area contributed by atoms with E-state index in [1.165, 1.54) is 5.56 Å². The van der Waals surface area contributed by atoms with Gasteiger partial charge in [0.15, 0.2) is 0 Å². The van der Waals surface area contributed by atoms with Crippen molar-refractivity contribution in [2.24, 2.45) is 0 Å². The van der Waals surface area contributed by atoms with Crippen LogP contribution in [0.15, 0.2) is 24.3 Å². The molecule has 0 spiro atoms. The average Bonchev–Trinajstić information content (AvgIpc) is 2.43. The highest BCUT2D eigenvalue weighted by Crippen LogP contribution is 2.20. The van der Waals surface area contributed by atoms with Crippen LogP contribution in [-0.2, 0) is 6.42 Å². The lowest BCUT2D eigenvalue weighted by molar-refractivity contribution is 0.414. The highest BCUT2D eigenvalue weighted by Gasteiger charge is 2.08. The maximum absolute atomic E-state index is 5.15. The van der Waals surface area contributed by atoms with Crippen molar-refractivity contribution in [3.05, 3.63) is 44.9 Å². The topological polar surface area (TPSA) is 47.0 Å². The second-order valence-electron chi connectivity index (χ2n) is 4.16. The number of halogens is 1. The first-order chi connectivity index (χ1) is 9.13. The Balaban J connectivity index is 2.25. The minimum atomic E-state index is 0.719. The van der Waals surface area contributed by atoms with Gasteiger partial charge in [0.25, 0.3) is 0 Å². The third kappa shape index (κ3) is 3.34. The van der Waals surface area contributed by atoms with Gasteiger partial charge in [0.05, 0.1) is 16.4 Å². The summed E-state index contributed by atoms with van der Waals surface area (Å²) in [7, 11) is 3.54. The van der Waals surface area contributed by atoms with E-state index in [4.69, 9.17) is 4.74 Å². The van der Waals surface area contributed by atoms with Crippen molar-refractivity contribution in [3.8, 4) is 5.75 Å². The lowest BCUT2D eigenvalue weighted by atomic mass is 10.1. The van der Waals surface area contributed by atoms with Gasteiger partial charge < -0.3 is 10.1 Å². The Morgan fingerprint density at radius 3 is 2.47 bits per heavy atom. The standard InChI is InChI=1S/C14H16IN3O/c1-9-13(15)14(16-2)18-12(17-9)8-10-4-6-11(19-3)7-5-10/h4-7H,8H2,1-3H3,(H,16,17,18). The highest BCUT2D eigenvalue weighted by atomic mass is 127. The predicted octanol–water partition coefficient (Wildman–Crippen LogP) is 3.03. The second kappa shape index (κ2) is 6.18. The van der Waals surface area contributed by atoms with Gasteiger partial charge in [0.2, 0.25) is 0 Å². The first-order valence-corrected chi connectivity index (χ1v) is 7.05. The molecule has 1 aromatic carbocycles. The monoisotopic (exact) mass is 369 g/mol. The number of ether oxygens (including phenoxy) is 1. The van der Waals surface area contributed by atoms with Crippen LogP contribution in [0.3, 0.4) is 0 Å². The molecule has 5 heteroatoms. The van der Waals surface area contributed by atoms with Crippen LogP contribution in [0.4, 0.5) is 5.82 Å². The summed E-state index contributed by atoms with van der Waals surface area (Å²) < 4.78 is 6.22. The fraction of sp³-hybridized carbons (Fsp3) is 0.286. The van der Waals surface area contributed by atoms with Crippen LogP contribution in [0, 0.1) is 10.5 Å². The summed E-state index contributed by atoms with van der Waals surface area (Å²) in [5, 5.41) is 3.10. The van der Waals surface area contributed by atoms with E-state index in [1.54, 1.807) is 7.11 Å². The zero-order valence-corrected chi connectivity index (χ0v) is 13.4. The number of nitrogens with zero attached hydrogens (tertiary/aromatic N) is 2. The Kier molecular flexibility index (Phi) is 4.57. The van der Waals surface area contributed by atoms with E-state index in [9.17, 15) is 0 Å². The van der Waals surface area contributed by atoms with Gasteiger partial charge in [-0.3, -0.25) is 0 Å². The Bertz CT molecular complexity index is 570. The number of aryl methyl sites for hydroxylation is 1.